The van der Waals surface area contributed by atoms with E-state index in [0.717, 1.165) is 12.1 Å². The molecule has 1 heterocycles. The summed E-state index contributed by atoms with van der Waals surface area (Å²) in [6.07, 6.45) is 0. The standard InChI is InChI=1S/C19H16F2N2O4/c1-11-13(10-26-17-6-4-3-5-16(17)25-2)18(23-27-11)19(24)22-15-8-7-12(20)9-14(15)21/h3-9H,10H2,1-2H3,(H,22,24). The van der Waals surface area contributed by atoms with Crippen LogP contribution in [-0.4, -0.2) is 18.2 Å². The van der Waals surface area contributed by atoms with Crippen LogP contribution < -0.4 is 14.8 Å². The van der Waals surface area contributed by atoms with Crippen LogP contribution >= 0.6 is 0 Å². The van der Waals surface area contributed by atoms with Gasteiger partial charge in [0, 0.05) is 6.07 Å². The maximum absolute atomic E-state index is 13.7. The van der Waals surface area contributed by atoms with E-state index in [1.807, 2.05) is 0 Å². The Kier molecular flexibility index (Phi) is 5.35. The van der Waals surface area contributed by atoms with Crippen LogP contribution in [0.2, 0.25) is 0 Å². The van der Waals surface area contributed by atoms with Gasteiger partial charge in [-0.1, -0.05) is 17.3 Å². The molecule has 8 heteroatoms. The first-order valence-corrected chi connectivity index (χ1v) is 7.97. The summed E-state index contributed by atoms with van der Waals surface area (Å²) < 4.78 is 42.7. The minimum Gasteiger partial charge on any atom is -0.493 e. The summed E-state index contributed by atoms with van der Waals surface area (Å²) in [5.74, 6) is -0.933. The normalized spacial score (nSPS) is 10.5. The van der Waals surface area contributed by atoms with Crippen LogP contribution in [0.5, 0.6) is 11.5 Å². The number of aryl methyl sites for hydroxylation is 1. The van der Waals surface area contributed by atoms with Gasteiger partial charge < -0.3 is 19.3 Å². The van der Waals surface area contributed by atoms with Gasteiger partial charge in [0.2, 0.25) is 0 Å². The third kappa shape index (κ3) is 4.05. The monoisotopic (exact) mass is 374 g/mol. The van der Waals surface area contributed by atoms with Crippen molar-refractivity contribution in [2.75, 3.05) is 12.4 Å². The lowest BCUT2D eigenvalue weighted by molar-refractivity contribution is 0.101. The zero-order chi connectivity index (χ0) is 19.4. The van der Waals surface area contributed by atoms with Crippen molar-refractivity contribution in [3.63, 3.8) is 0 Å². The molecule has 3 rings (SSSR count). The van der Waals surface area contributed by atoms with Crippen molar-refractivity contribution < 1.29 is 27.6 Å². The van der Waals surface area contributed by atoms with E-state index in [1.165, 1.54) is 7.11 Å². The lowest BCUT2D eigenvalue weighted by atomic mass is 10.2. The summed E-state index contributed by atoms with van der Waals surface area (Å²) in [5, 5.41) is 6.06. The molecule has 0 spiro atoms. The fraction of sp³-hybridized carbons (Fsp3) is 0.158. The van der Waals surface area contributed by atoms with Gasteiger partial charge >= 0.3 is 0 Å². The number of halogens is 2. The number of hydrogen-bond acceptors (Lipinski definition) is 5. The molecule has 27 heavy (non-hydrogen) atoms. The molecule has 0 atom stereocenters. The van der Waals surface area contributed by atoms with Crippen molar-refractivity contribution in [3.8, 4) is 11.5 Å². The third-order valence-corrected chi connectivity index (χ3v) is 3.82. The molecule has 6 nitrogen and oxygen atoms in total. The molecule has 1 amide bonds. The lowest BCUT2D eigenvalue weighted by Gasteiger charge is -2.10. The molecular weight excluding hydrogens is 358 g/mol. The Morgan fingerprint density at radius 1 is 1.19 bits per heavy atom. The van der Waals surface area contributed by atoms with Gasteiger partial charge in [0.15, 0.2) is 17.2 Å². The fourth-order valence-electron chi connectivity index (χ4n) is 2.40. The second-order valence-electron chi connectivity index (χ2n) is 5.58. The Morgan fingerprint density at radius 2 is 1.93 bits per heavy atom. The summed E-state index contributed by atoms with van der Waals surface area (Å²) in [6.45, 7) is 1.62. The number of nitrogens with zero attached hydrogens (tertiary/aromatic N) is 1. The number of anilines is 1. The maximum Gasteiger partial charge on any atom is 0.278 e. The minimum absolute atomic E-state index is 0.00956. The van der Waals surface area contributed by atoms with E-state index >= 15 is 0 Å². The van der Waals surface area contributed by atoms with Gasteiger partial charge in [0.25, 0.3) is 5.91 Å². The van der Waals surface area contributed by atoms with Gasteiger partial charge in [-0.3, -0.25) is 4.79 Å². The first kappa shape index (κ1) is 18.4. The van der Waals surface area contributed by atoms with E-state index in [9.17, 15) is 13.6 Å². The summed E-state index contributed by atoms with van der Waals surface area (Å²) in [7, 11) is 1.52. The van der Waals surface area contributed by atoms with Crippen molar-refractivity contribution in [3.05, 3.63) is 71.1 Å². The van der Waals surface area contributed by atoms with Crippen LogP contribution in [0, 0.1) is 18.6 Å². The SMILES string of the molecule is COc1ccccc1OCc1c(C(=O)Nc2ccc(F)cc2F)noc1C. The van der Waals surface area contributed by atoms with E-state index in [0.29, 0.717) is 28.9 Å². The molecule has 0 radical (unpaired) electrons. The average molecular weight is 374 g/mol. The Hall–Kier alpha value is -3.42. The predicted molar refractivity (Wildman–Crippen MR) is 92.9 cm³/mol. The number of benzene rings is 2. The molecule has 0 saturated carbocycles. The number of methoxy groups -OCH3 is 1. The Morgan fingerprint density at radius 3 is 2.63 bits per heavy atom. The van der Waals surface area contributed by atoms with Gasteiger partial charge in [0.05, 0.1) is 18.4 Å². The highest BCUT2D eigenvalue weighted by atomic mass is 19.1. The molecule has 1 aromatic heterocycles. The Labute approximate surface area is 153 Å². The highest BCUT2D eigenvalue weighted by Gasteiger charge is 2.22. The van der Waals surface area contributed by atoms with Crippen LogP contribution in [0.25, 0.3) is 0 Å². The van der Waals surface area contributed by atoms with Crippen molar-refractivity contribution in [2.24, 2.45) is 0 Å². The number of hydrogen-bond donors (Lipinski definition) is 1. The van der Waals surface area contributed by atoms with Crippen molar-refractivity contribution in [1.82, 2.24) is 5.16 Å². The molecule has 3 aromatic rings. The smallest absolute Gasteiger partial charge is 0.278 e. The first-order chi connectivity index (χ1) is 13.0. The van der Waals surface area contributed by atoms with E-state index in [1.54, 1.807) is 31.2 Å². The van der Waals surface area contributed by atoms with Crippen LogP contribution in [0.1, 0.15) is 21.8 Å². The van der Waals surface area contributed by atoms with E-state index in [2.05, 4.69) is 10.5 Å². The zero-order valence-corrected chi connectivity index (χ0v) is 14.6. The molecule has 0 fully saturated rings. The maximum atomic E-state index is 13.7. The third-order valence-electron chi connectivity index (χ3n) is 3.82. The number of carbonyl (C=O) groups excluding carboxylic acids is 1. The fourth-order valence-corrected chi connectivity index (χ4v) is 2.40. The summed E-state index contributed by atoms with van der Waals surface area (Å²) in [5.41, 5.74) is 0.186. The molecule has 0 unspecified atom stereocenters. The molecule has 1 N–H and O–H groups in total. The highest BCUT2D eigenvalue weighted by Crippen LogP contribution is 2.28. The highest BCUT2D eigenvalue weighted by molar-refractivity contribution is 6.03. The molecule has 0 bridgehead atoms. The molecule has 0 aliphatic rings. The molecule has 0 aliphatic carbocycles. The second-order valence-corrected chi connectivity index (χ2v) is 5.58. The molecule has 0 saturated heterocycles. The quantitative estimate of drug-likeness (QED) is 0.703. The van der Waals surface area contributed by atoms with Gasteiger partial charge in [-0.05, 0) is 31.2 Å². The number of amides is 1. The summed E-state index contributed by atoms with van der Waals surface area (Å²) in [6, 6.07) is 9.88. The molecule has 140 valence electrons. The van der Waals surface area contributed by atoms with Crippen LogP contribution in [0.3, 0.4) is 0 Å². The van der Waals surface area contributed by atoms with Crippen molar-refractivity contribution in [2.45, 2.75) is 13.5 Å². The predicted octanol–water partition coefficient (Wildman–Crippen LogP) is 4.10. The second kappa shape index (κ2) is 7.86. The van der Waals surface area contributed by atoms with E-state index in [-0.39, 0.29) is 18.0 Å². The molecule has 2 aromatic carbocycles. The topological polar surface area (TPSA) is 73.6 Å². The van der Waals surface area contributed by atoms with E-state index in [4.69, 9.17) is 14.0 Å². The van der Waals surface area contributed by atoms with Crippen LogP contribution in [0.15, 0.2) is 47.0 Å². The summed E-state index contributed by atoms with van der Waals surface area (Å²) >= 11 is 0. The minimum atomic E-state index is -0.893. The van der Waals surface area contributed by atoms with Gasteiger partial charge in [-0.2, -0.15) is 0 Å². The largest absolute Gasteiger partial charge is 0.493 e. The number of rotatable bonds is 6. The molecule has 0 aliphatic heterocycles. The zero-order valence-electron chi connectivity index (χ0n) is 14.6. The average Bonchev–Trinajstić information content (AvgIpc) is 3.03. The molecular formula is C19H16F2N2O4. The van der Waals surface area contributed by atoms with E-state index < -0.39 is 17.5 Å². The van der Waals surface area contributed by atoms with Gasteiger partial charge in [0.1, 0.15) is 24.0 Å². The summed E-state index contributed by atoms with van der Waals surface area (Å²) in [4.78, 5) is 12.4. The number of carbonyl (C=O) groups is 1. The van der Waals surface area contributed by atoms with Crippen LogP contribution in [0.4, 0.5) is 14.5 Å². The Balaban J connectivity index is 1.78. The van der Waals surface area contributed by atoms with Crippen molar-refractivity contribution in [1.29, 1.82) is 0 Å². The van der Waals surface area contributed by atoms with Crippen LogP contribution in [-0.2, 0) is 6.61 Å². The Bertz CT molecular complexity index is 972. The lowest BCUT2D eigenvalue weighted by Crippen LogP contribution is -2.16. The van der Waals surface area contributed by atoms with Gasteiger partial charge in [-0.15, -0.1) is 0 Å². The number of aromatic nitrogens is 1. The number of para-hydroxylation sites is 2. The van der Waals surface area contributed by atoms with Crippen molar-refractivity contribution >= 4 is 11.6 Å². The number of ether oxygens (including phenoxy) is 2. The first-order valence-electron chi connectivity index (χ1n) is 7.97. The number of nitrogens with one attached hydrogen (secondary N) is 1. The van der Waals surface area contributed by atoms with Gasteiger partial charge in [-0.25, -0.2) is 8.78 Å².